The summed E-state index contributed by atoms with van der Waals surface area (Å²) in [5.74, 6) is -0.598. The van der Waals surface area contributed by atoms with Crippen LogP contribution in [0.2, 0.25) is 0 Å². The molecule has 0 bridgehead atoms. The summed E-state index contributed by atoms with van der Waals surface area (Å²) in [6.45, 7) is 1.86. The maximum atomic E-state index is 11.0. The van der Waals surface area contributed by atoms with Gasteiger partial charge in [-0.15, -0.1) is 0 Å². The van der Waals surface area contributed by atoms with Gasteiger partial charge in [-0.05, 0) is 24.1 Å². The van der Waals surface area contributed by atoms with Crippen LogP contribution in [0, 0.1) is 0 Å². The van der Waals surface area contributed by atoms with Crippen molar-refractivity contribution >= 4 is 17.3 Å². The minimum absolute atomic E-state index is 0.459. The predicted octanol–water partition coefficient (Wildman–Crippen LogP) is 3.51. The standard InChI is InChI=1S/C13H13NO3S/c1-2-11(12(15)16)9-3-5-10(6-4-9)17-13-14-7-8-18-13/h3-8,11H,2H2,1H3,(H,15,16). The number of thiazole rings is 1. The summed E-state index contributed by atoms with van der Waals surface area (Å²) in [5, 5.41) is 11.5. The molecule has 1 aromatic carbocycles. The minimum atomic E-state index is -0.800. The van der Waals surface area contributed by atoms with Crippen LogP contribution in [0.1, 0.15) is 24.8 Å². The summed E-state index contributed by atoms with van der Waals surface area (Å²) in [6, 6.07) is 7.10. The van der Waals surface area contributed by atoms with Gasteiger partial charge in [0.1, 0.15) is 5.75 Å². The van der Waals surface area contributed by atoms with E-state index < -0.39 is 11.9 Å². The number of aromatic nitrogens is 1. The first-order valence-corrected chi connectivity index (χ1v) is 6.48. The number of carbonyl (C=O) groups is 1. The maximum absolute atomic E-state index is 11.0. The van der Waals surface area contributed by atoms with Crippen molar-refractivity contribution < 1.29 is 14.6 Å². The van der Waals surface area contributed by atoms with Crippen molar-refractivity contribution in [2.24, 2.45) is 0 Å². The molecule has 0 fully saturated rings. The summed E-state index contributed by atoms with van der Waals surface area (Å²) >= 11 is 1.41. The van der Waals surface area contributed by atoms with Crippen LogP contribution >= 0.6 is 11.3 Å². The van der Waals surface area contributed by atoms with Crippen molar-refractivity contribution in [1.29, 1.82) is 0 Å². The van der Waals surface area contributed by atoms with Gasteiger partial charge in [0.2, 0.25) is 0 Å². The topological polar surface area (TPSA) is 59.4 Å². The van der Waals surface area contributed by atoms with Gasteiger partial charge < -0.3 is 9.84 Å². The molecule has 2 aromatic rings. The molecule has 0 saturated carbocycles. The zero-order valence-corrected chi connectivity index (χ0v) is 10.7. The van der Waals surface area contributed by atoms with Crippen LogP contribution in [0.15, 0.2) is 35.8 Å². The fourth-order valence-electron chi connectivity index (χ4n) is 1.68. The molecule has 94 valence electrons. The fraction of sp³-hybridized carbons (Fsp3) is 0.231. The molecule has 2 rings (SSSR count). The SMILES string of the molecule is CCC(C(=O)O)c1ccc(Oc2nccs2)cc1. The Morgan fingerprint density at radius 3 is 2.67 bits per heavy atom. The molecule has 1 unspecified atom stereocenters. The second-order valence-corrected chi connectivity index (χ2v) is 4.63. The van der Waals surface area contributed by atoms with E-state index in [0.29, 0.717) is 17.4 Å². The normalized spacial score (nSPS) is 12.1. The van der Waals surface area contributed by atoms with Crippen molar-refractivity contribution in [3.05, 3.63) is 41.4 Å². The summed E-state index contributed by atoms with van der Waals surface area (Å²) in [4.78, 5) is 15.0. The zero-order valence-electron chi connectivity index (χ0n) is 9.87. The van der Waals surface area contributed by atoms with Crippen molar-refractivity contribution in [2.75, 3.05) is 0 Å². The number of benzene rings is 1. The number of ether oxygens (including phenoxy) is 1. The summed E-state index contributed by atoms with van der Waals surface area (Å²) in [6.07, 6.45) is 2.24. The third kappa shape index (κ3) is 2.87. The maximum Gasteiger partial charge on any atom is 0.310 e. The van der Waals surface area contributed by atoms with Gasteiger partial charge in [-0.1, -0.05) is 30.4 Å². The molecule has 5 heteroatoms. The van der Waals surface area contributed by atoms with E-state index >= 15 is 0 Å². The zero-order chi connectivity index (χ0) is 13.0. The first kappa shape index (κ1) is 12.6. The monoisotopic (exact) mass is 263 g/mol. The second-order valence-electron chi connectivity index (χ2n) is 3.77. The first-order chi connectivity index (χ1) is 8.70. The Bertz CT molecular complexity index is 508. The molecule has 0 saturated heterocycles. The van der Waals surface area contributed by atoms with E-state index in [1.807, 2.05) is 12.3 Å². The number of carboxylic acid groups (broad SMARTS) is 1. The molecule has 0 radical (unpaired) electrons. The summed E-state index contributed by atoms with van der Waals surface area (Å²) in [5.41, 5.74) is 0.788. The Kier molecular flexibility index (Phi) is 3.94. The van der Waals surface area contributed by atoms with Gasteiger partial charge in [0, 0.05) is 11.6 Å². The Morgan fingerprint density at radius 1 is 1.44 bits per heavy atom. The lowest BCUT2D eigenvalue weighted by atomic mass is 9.97. The highest BCUT2D eigenvalue weighted by Crippen LogP contribution is 2.26. The van der Waals surface area contributed by atoms with Gasteiger partial charge in [-0.25, -0.2) is 4.98 Å². The smallest absolute Gasteiger partial charge is 0.310 e. The molecule has 4 nitrogen and oxygen atoms in total. The van der Waals surface area contributed by atoms with Gasteiger partial charge in [-0.3, -0.25) is 4.79 Å². The van der Waals surface area contributed by atoms with E-state index in [1.54, 1.807) is 30.5 Å². The molecule has 0 amide bonds. The highest BCUT2D eigenvalue weighted by atomic mass is 32.1. The molecule has 0 aliphatic rings. The molecule has 0 aliphatic carbocycles. The Balaban J connectivity index is 2.12. The van der Waals surface area contributed by atoms with Crippen LogP contribution in [0.5, 0.6) is 10.9 Å². The Morgan fingerprint density at radius 2 is 2.17 bits per heavy atom. The molecule has 0 aliphatic heterocycles. The predicted molar refractivity (Wildman–Crippen MR) is 69.3 cm³/mol. The quantitative estimate of drug-likeness (QED) is 0.896. The molecule has 0 spiro atoms. The number of rotatable bonds is 5. The third-order valence-electron chi connectivity index (χ3n) is 2.60. The van der Waals surface area contributed by atoms with Crippen LogP contribution in [-0.4, -0.2) is 16.1 Å². The highest BCUT2D eigenvalue weighted by Gasteiger charge is 2.17. The molecule has 1 aromatic heterocycles. The molecular weight excluding hydrogens is 250 g/mol. The van der Waals surface area contributed by atoms with Crippen LogP contribution in [0.3, 0.4) is 0 Å². The Hall–Kier alpha value is -1.88. The first-order valence-electron chi connectivity index (χ1n) is 5.61. The molecular formula is C13H13NO3S. The van der Waals surface area contributed by atoms with Gasteiger partial charge >= 0.3 is 5.97 Å². The van der Waals surface area contributed by atoms with Crippen LogP contribution in [0.4, 0.5) is 0 Å². The minimum Gasteiger partial charge on any atom is -0.481 e. The summed E-state index contributed by atoms with van der Waals surface area (Å²) in [7, 11) is 0. The molecule has 18 heavy (non-hydrogen) atoms. The number of hydrogen-bond donors (Lipinski definition) is 1. The number of hydrogen-bond acceptors (Lipinski definition) is 4. The van der Waals surface area contributed by atoms with Crippen molar-refractivity contribution in [1.82, 2.24) is 4.98 Å². The molecule has 1 atom stereocenters. The Labute approximate surface area is 109 Å². The number of aliphatic carboxylic acids is 1. The van der Waals surface area contributed by atoms with E-state index in [1.165, 1.54) is 11.3 Å². The lowest BCUT2D eigenvalue weighted by Crippen LogP contribution is -2.10. The molecule has 1 N–H and O–H groups in total. The molecule has 1 heterocycles. The van der Waals surface area contributed by atoms with E-state index in [-0.39, 0.29) is 0 Å². The second kappa shape index (κ2) is 5.64. The number of carboxylic acids is 1. The van der Waals surface area contributed by atoms with E-state index in [9.17, 15) is 4.79 Å². The average molecular weight is 263 g/mol. The van der Waals surface area contributed by atoms with Gasteiger partial charge in [0.05, 0.1) is 5.92 Å². The highest BCUT2D eigenvalue weighted by molar-refractivity contribution is 7.11. The lowest BCUT2D eigenvalue weighted by Gasteiger charge is -2.10. The van der Waals surface area contributed by atoms with Crippen LogP contribution in [0.25, 0.3) is 0 Å². The van der Waals surface area contributed by atoms with Crippen molar-refractivity contribution in [2.45, 2.75) is 19.3 Å². The van der Waals surface area contributed by atoms with Crippen LogP contribution in [-0.2, 0) is 4.79 Å². The third-order valence-corrected chi connectivity index (χ3v) is 3.25. The van der Waals surface area contributed by atoms with Crippen LogP contribution < -0.4 is 4.74 Å². The largest absolute Gasteiger partial charge is 0.481 e. The summed E-state index contributed by atoms with van der Waals surface area (Å²) < 4.78 is 5.51. The van der Waals surface area contributed by atoms with Crippen molar-refractivity contribution in [3.8, 4) is 10.9 Å². The average Bonchev–Trinajstić information content (AvgIpc) is 2.84. The van der Waals surface area contributed by atoms with Gasteiger partial charge in [0.15, 0.2) is 0 Å². The van der Waals surface area contributed by atoms with Gasteiger partial charge in [-0.2, -0.15) is 0 Å². The lowest BCUT2D eigenvalue weighted by molar-refractivity contribution is -0.138. The van der Waals surface area contributed by atoms with Crippen molar-refractivity contribution in [3.63, 3.8) is 0 Å². The van der Waals surface area contributed by atoms with E-state index in [0.717, 1.165) is 5.56 Å². The van der Waals surface area contributed by atoms with E-state index in [2.05, 4.69) is 4.98 Å². The number of nitrogens with zero attached hydrogens (tertiary/aromatic N) is 1. The fourth-order valence-corrected chi connectivity index (χ4v) is 2.19. The van der Waals surface area contributed by atoms with Gasteiger partial charge in [0.25, 0.3) is 5.19 Å². The van der Waals surface area contributed by atoms with E-state index in [4.69, 9.17) is 9.84 Å².